The molecule has 0 unspecified atom stereocenters. The second-order valence-corrected chi connectivity index (χ2v) is 9.50. The van der Waals surface area contributed by atoms with E-state index in [1.54, 1.807) is 25.1 Å². The summed E-state index contributed by atoms with van der Waals surface area (Å²) in [6.45, 7) is 4.86. The molecule has 3 aromatic rings. The van der Waals surface area contributed by atoms with E-state index in [2.05, 4.69) is 30.1 Å². The molecule has 5 heterocycles. The number of piperazine rings is 1. The molecule has 0 spiro atoms. The van der Waals surface area contributed by atoms with Gasteiger partial charge in [0.05, 0.1) is 29.0 Å². The van der Waals surface area contributed by atoms with Gasteiger partial charge in [0.15, 0.2) is 0 Å². The number of pyridine rings is 3. The van der Waals surface area contributed by atoms with Crippen LogP contribution >= 0.6 is 11.8 Å². The first kappa shape index (κ1) is 23.3. The van der Waals surface area contributed by atoms with Crippen molar-refractivity contribution in [3.8, 4) is 5.88 Å². The molecule has 1 fully saturated rings. The summed E-state index contributed by atoms with van der Waals surface area (Å²) in [6, 6.07) is 9.33. The van der Waals surface area contributed by atoms with Crippen molar-refractivity contribution in [2.45, 2.75) is 4.90 Å². The van der Waals surface area contributed by atoms with Gasteiger partial charge in [-0.1, -0.05) is 0 Å². The molecule has 2 aliphatic rings. The topological polar surface area (TPSA) is 104 Å². The zero-order valence-corrected chi connectivity index (χ0v) is 20.5. The maximum absolute atomic E-state index is 12.9. The third-order valence-electron chi connectivity index (χ3n) is 6.25. The predicted molar refractivity (Wildman–Crippen MR) is 135 cm³/mol. The first-order chi connectivity index (χ1) is 17.0. The number of methoxy groups -OCH3 is 1. The van der Waals surface area contributed by atoms with Gasteiger partial charge in [0.25, 0.3) is 5.91 Å². The van der Waals surface area contributed by atoms with E-state index in [4.69, 9.17) is 4.74 Å². The Morgan fingerprint density at radius 3 is 2.77 bits per heavy atom. The molecule has 2 aliphatic heterocycles. The molecule has 0 aliphatic carbocycles. The van der Waals surface area contributed by atoms with Gasteiger partial charge < -0.3 is 19.9 Å². The quantitative estimate of drug-likeness (QED) is 0.552. The standard InChI is InChI=1S/C24H27N7O3S/c1-29(24(33)17-3-5-19-23(26-17)27-20(32)15-35-19)9-10-30-11-13-31(14-12-30)18-7-8-25-16-4-6-21(34-2)28-22(16)18/h3-8H,9-15H2,1-2H3,(H,26,27,32). The third-order valence-corrected chi connectivity index (χ3v) is 7.30. The highest BCUT2D eigenvalue weighted by Crippen LogP contribution is 2.30. The van der Waals surface area contributed by atoms with Gasteiger partial charge >= 0.3 is 0 Å². The maximum atomic E-state index is 12.9. The lowest BCUT2D eigenvalue weighted by molar-refractivity contribution is -0.113. The normalized spacial score (nSPS) is 16.1. The zero-order valence-electron chi connectivity index (χ0n) is 19.7. The number of thioether (sulfide) groups is 1. The molecular formula is C24H27N7O3S. The van der Waals surface area contributed by atoms with Crippen molar-refractivity contribution in [1.82, 2.24) is 24.8 Å². The molecule has 3 aromatic heterocycles. The van der Waals surface area contributed by atoms with Crippen LogP contribution in [0.5, 0.6) is 5.88 Å². The van der Waals surface area contributed by atoms with Crippen molar-refractivity contribution >= 4 is 46.1 Å². The van der Waals surface area contributed by atoms with Crippen LogP contribution in [0.1, 0.15) is 10.5 Å². The first-order valence-electron chi connectivity index (χ1n) is 11.5. The SMILES string of the molecule is COc1ccc2nccc(N3CCN(CCN(C)C(=O)c4ccc5c(n4)NC(=O)CS5)CC3)c2n1. The monoisotopic (exact) mass is 493 g/mol. The van der Waals surface area contributed by atoms with Crippen LogP contribution in [0.25, 0.3) is 11.0 Å². The Kier molecular flexibility index (Phi) is 6.69. The Morgan fingerprint density at radius 1 is 1.14 bits per heavy atom. The number of likely N-dealkylation sites (N-methyl/N-ethyl adjacent to an activating group) is 1. The predicted octanol–water partition coefficient (Wildman–Crippen LogP) is 1.97. The minimum atomic E-state index is -0.153. The molecule has 0 saturated carbocycles. The number of hydrogen-bond acceptors (Lipinski definition) is 9. The number of carbonyl (C=O) groups excluding carboxylic acids is 2. The molecule has 0 aromatic carbocycles. The summed E-state index contributed by atoms with van der Waals surface area (Å²) in [5.41, 5.74) is 3.09. The van der Waals surface area contributed by atoms with Gasteiger partial charge in [-0.15, -0.1) is 11.8 Å². The highest BCUT2D eigenvalue weighted by Gasteiger charge is 2.23. The number of aromatic nitrogens is 3. The molecule has 2 amide bonds. The number of nitrogens with zero attached hydrogens (tertiary/aromatic N) is 6. The Morgan fingerprint density at radius 2 is 1.97 bits per heavy atom. The number of fused-ring (bicyclic) bond motifs is 2. The number of ether oxygens (including phenoxy) is 1. The fraction of sp³-hybridized carbons (Fsp3) is 0.375. The summed E-state index contributed by atoms with van der Waals surface area (Å²) in [4.78, 5) is 45.2. The maximum Gasteiger partial charge on any atom is 0.272 e. The van der Waals surface area contributed by atoms with E-state index in [-0.39, 0.29) is 11.8 Å². The minimum Gasteiger partial charge on any atom is -0.481 e. The van der Waals surface area contributed by atoms with Crippen molar-refractivity contribution in [3.63, 3.8) is 0 Å². The highest BCUT2D eigenvalue weighted by atomic mass is 32.2. The molecule has 0 radical (unpaired) electrons. The Bertz CT molecular complexity index is 1260. The van der Waals surface area contributed by atoms with Gasteiger partial charge in [-0.25, -0.2) is 9.97 Å². The molecule has 35 heavy (non-hydrogen) atoms. The second-order valence-electron chi connectivity index (χ2n) is 8.49. The van der Waals surface area contributed by atoms with Gasteiger partial charge in [0, 0.05) is 58.6 Å². The Labute approximate surface area is 207 Å². The lowest BCUT2D eigenvalue weighted by Gasteiger charge is -2.36. The summed E-state index contributed by atoms with van der Waals surface area (Å²) in [5.74, 6) is 1.17. The molecule has 5 rings (SSSR count). The van der Waals surface area contributed by atoms with E-state index in [1.165, 1.54) is 11.8 Å². The smallest absolute Gasteiger partial charge is 0.272 e. The van der Waals surface area contributed by atoms with Crippen LogP contribution in [0, 0.1) is 0 Å². The molecular weight excluding hydrogens is 466 g/mol. The van der Waals surface area contributed by atoms with E-state index in [9.17, 15) is 9.59 Å². The summed E-state index contributed by atoms with van der Waals surface area (Å²) in [6.07, 6.45) is 1.82. The van der Waals surface area contributed by atoms with Crippen molar-refractivity contribution in [2.75, 3.05) is 69.4 Å². The summed E-state index contributed by atoms with van der Waals surface area (Å²) < 4.78 is 5.30. The molecule has 10 nitrogen and oxygen atoms in total. The van der Waals surface area contributed by atoms with Crippen LogP contribution in [-0.2, 0) is 4.79 Å². The summed E-state index contributed by atoms with van der Waals surface area (Å²) in [5, 5.41) is 2.74. The molecule has 182 valence electrons. The van der Waals surface area contributed by atoms with Crippen LogP contribution in [-0.4, -0.2) is 95.7 Å². The molecule has 0 bridgehead atoms. The number of hydrogen-bond donors (Lipinski definition) is 1. The number of nitrogens with one attached hydrogen (secondary N) is 1. The van der Waals surface area contributed by atoms with Crippen LogP contribution in [0.2, 0.25) is 0 Å². The number of rotatable bonds is 6. The molecule has 0 atom stereocenters. The largest absolute Gasteiger partial charge is 0.481 e. The van der Waals surface area contributed by atoms with Crippen LogP contribution < -0.4 is 15.0 Å². The number of carbonyl (C=O) groups is 2. The number of anilines is 2. The van der Waals surface area contributed by atoms with E-state index >= 15 is 0 Å². The van der Waals surface area contributed by atoms with E-state index in [0.717, 1.165) is 54.3 Å². The number of amides is 2. The third kappa shape index (κ3) is 5.01. The lowest BCUT2D eigenvalue weighted by atomic mass is 10.2. The molecule has 11 heteroatoms. The van der Waals surface area contributed by atoms with Gasteiger partial charge in [0.2, 0.25) is 11.8 Å². The zero-order chi connectivity index (χ0) is 24.4. The van der Waals surface area contributed by atoms with Crippen molar-refractivity contribution in [3.05, 3.63) is 42.2 Å². The molecule has 1 N–H and O–H groups in total. The average molecular weight is 494 g/mol. The van der Waals surface area contributed by atoms with Crippen LogP contribution in [0.4, 0.5) is 11.5 Å². The first-order valence-corrected chi connectivity index (χ1v) is 12.5. The second kappa shape index (κ2) is 10.0. The Hall–Kier alpha value is -3.44. The van der Waals surface area contributed by atoms with Crippen molar-refractivity contribution in [2.24, 2.45) is 0 Å². The summed E-state index contributed by atoms with van der Waals surface area (Å²) in [7, 11) is 3.40. The summed E-state index contributed by atoms with van der Waals surface area (Å²) >= 11 is 1.43. The van der Waals surface area contributed by atoms with Gasteiger partial charge in [0.1, 0.15) is 17.0 Å². The minimum absolute atomic E-state index is 0.0956. The van der Waals surface area contributed by atoms with E-state index in [1.807, 2.05) is 30.5 Å². The molecule has 1 saturated heterocycles. The van der Waals surface area contributed by atoms with Crippen LogP contribution in [0.15, 0.2) is 41.4 Å². The lowest BCUT2D eigenvalue weighted by Crippen LogP contribution is -2.48. The van der Waals surface area contributed by atoms with Gasteiger partial charge in [-0.05, 0) is 24.3 Å². The average Bonchev–Trinajstić information content (AvgIpc) is 2.90. The fourth-order valence-corrected chi connectivity index (χ4v) is 5.00. The van der Waals surface area contributed by atoms with Crippen molar-refractivity contribution < 1.29 is 14.3 Å². The van der Waals surface area contributed by atoms with E-state index < -0.39 is 0 Å². The van der Waals surface area contributed by atoms with Gasteiger partial charge in [-0.2, -0.15) is 0 Å². The van der Waals surface area contributed by atoms with Gasteiger partial charge in [-0.3, -0.25) is 19.5 Å². The van der Waals surface area contributed by atoms with E-state index in [0.29, 0.717) is 29.7 Å². The highest BCUT2D eigenvalue weighted by molar-refractivity contribution is 8.00. The fourth-order valence-electron chi connectivity index (χ4n) is 4.25. The Balaban J connectivity index is 1.17. The van der Waals surface area contributed by atoms with Crippen LogP contribution in [0.3, 0.4) is 0 Å². The van der Waals surface area contributed by atoms with Crippen molar-refractivity contribution in [1.29, 1.82) is 0 Å².